The van der Waals surface area contributed by atoms with Gasteiger partial charge in [0.25, 0.3) is 0 Å². The summed E-state index contributed by atoms with van der Waals surface area (Å²) in [7, 11) is 0. The number of carbonyl (C=O) groups excluding carboxylic acids is 2. The van der Waals surface area contributed by atoms with Crippen molar-refractivity contribution in [2.45, 2.75) is 90.2 Å². The molecule has 0 radical (unpaired) electrons. The number of hydrogen-bond donors (Lipinski definition) is 2. The van der Waals surface area contributed by atoms with Gasteiger partial charge in [0, 0.05) is 16.8 Å². The SMILES string of the molecule is CCOC(=O)c1n[nH]c2c1CC(C1(NC(=O)OC(C)(C)C)CCCCC1)CC2. The fourth-order valence-electron chi connectivity index (χ4n) is 4.66. The van der Waals surface area contributed by atoms with Gasteiger partial charge in [0.15, 0.2) is 5.69 Å². The van der Waals surface area contributed by atoms with Crippen LogP contribution in [0.3, 0.4) is 0 Å². The zero-order valence-corrected chi connectivity index (χ0v) is 17.5. The highest BCUT2D eigenvalue weighted by Gasteiger charge is 2.44. The summed E-state index contributed by atoms with van der Waals surface area (Å²) in [6, 6.07) is 0. The number of nitrogens with one attached hydrogen (secondary N) is 2. The summed E-state index contributed by atoms with van der Waals surface area (Å²) in [4.78, 5) is 24.9. The molecule has 7 heteroatoms. The van der Waals surface area contributed by atoms with E-state index in [1.165, 1.54) is 6.42 Å². The predicted octanol–water partition coefficient (Wildman–Crippen LogP) is 3.92. The molecule has 2 aliphatic rings. The van der Waals surface area contributed by atoms with Crippen molar-refractivity contribution in [3.05, 3.63) is 17.0 Å². The molecule has 2 aliphatic carbocycles. The number of ether oxygens (including phenoxy) is 2. The van der Waals surface area contributed by atoms with Crippen LogP contribution in [0.2, 0.25) is 0 Å². The quantitative estimate of drug-likeness (QED) is 0.759. The minimum Gasteiger partial charge on any atom is -0.461 e. The molecule has 28 heavy (non-hydrogen) atoms. The van der Waals surface area contributed by atoms with E-state index in [1.807, 2.05) is 20.8 Å². The molecule has 0 aliphatic heterocycles. The minimum absolute atomic E-state index is 0.249. The summed E-state index contributed by atoms with van der Waals surface area (Å²) >= 11 is 0. The second-order valence-electron chi connectivity index (χ2n) is 9.03. The Bertz CT molecular complexity index is 714. The Morgan fingerprint density at radius 1 is 1.25 bits per heavy atom. The summed E-state index contributed by atoms with van der Waals surface area (Å²) < 4.78 is 10.7. The number of esters is 1. The normalized spacial score (nSPS) is 21.5. The first-order valence-electron chi connectivity index (χ1n) is 10.5. The Labute approximate surface area is 166 Å². The molecule has 1 heterocycles. The average molecular weight is 392 g/mol. The van der Waals surface area contributed by atoms with Crippen LogP contribution in [0, 0.1) is 5.92 Å². The Hall–Kier alpha value is -2.05. The van der Waals surface area contributed by atoms with Gasteiger partial charge in [-0.1, -0.05) is 19.3 Å². The lowest BCUT2D eigenvalue weighted by Crippen LogP contribution is -2.57. The van der Waals surface area contributed by atoms with Crippen LogP contribution in [0.4, 0.5) is 4.79 Å². The lowest BCUT2D eigenvalue weighted by atomic mass is 9.67. The highest BCUT2D eigenvalue weighted by atomic mass is 16.6. The molecule has 2 N–H and O–H groups in total. The van der Waals surface area contributed by atoms with Crippen molar-refractivity contribution in [3.8, 4) is 0 Å². The van der Waals surface area contributed by atoms with E-state index in [0.717, 1.165) is 56.2 Å². The van der Waals surface area contributed by atoms with E-state index >= 15 is 0 Å². The highest BCUT2D eigenvalue weighted by molar-refractivity contribution is 5.89. The highest BCUT2D eigenvalue weighted by Crippen LogP contribution is 2.41. The first kappa shape index (κ1) is 20.7. The van der Waals surface area contributed by atoms with Crippen LogP contribution < -0.4 is 5.32 Å². The van der Waals surface area contributed by atoms with Crippen LogP contribution in [0.25, 0.3) is 0 Å². The number of aromatic amines is 1. The third kappa shape index (κ3) is 4.50. The van der Waals surface area contributed by atoms with Crippen molar-refractivity contribution in [1.29, 1.82) is 0 Å². The van der Waals surface area contributed by atoms with E-state index in [9.17, 15) is 9.59 Å². The van der Waals surface area contributed by atoms with Crippen LogP contribution in [0.15, 0.2) is 0 Å². The monoisotopic (exact) mass is 391 g/mol. The summed E-state index contributed by atoms with van der Waals surface area (Å²) in [5, 5.41) is 10.5. The van der Waals surface area contributed by atoms with Crippen molar-refractivity contribution in [2.24, 2.45) is 5.92 Å². The van der Waals surface area contributed by atoms with Crippen LogP contribution in [-0.2, 0) is 22.3 Å². The minimum atomic E-state index is -0.526. The van der Waals surface area contributed by atoms with Crippen molar-refractivity contribution in [2.75, 3.05) is 6.61 Å². The van der Waals surface area contributed by atoms with Gasteiger partial charge in [0.1, 0.15) is 5.60 Å². The molecule has 1 fully saturated rings. The van der Waals surface area contributed by atoms with E-state index in [4.69, 9.17) is 9.47 Å². The summed E-state index contributed by atoms with van der Waals surface area (Å²) in [6.45, 7) is 7.76. The van der Waals surface area contributed by atoms with E-state index < -0.39 is 5.60 Å². The predicted molar refractivity (Wildman–Crippen MR) is 105 cm³/mol. The summed E-state index contributed by atoms with van der Waals surface area (Å²) in [5.41, 5.74) is 1.54. The van der Waals surface area contributed by atoms with Crippen molar-refractivity contribution in [3.63, 3.8) is 0 Å². The molecule has 1 saturated carbocycles. The molecule has 7 nitrogen and oxygen atoms in total. The summed E-state index contributed by atoms with van der Waals surface area (Å²) in [6.07, 6.45) is 7.41. The second kappa shape index (κ2) is 8.13. The van der Waals surface area contributed by atoms with Gasteiger partial charge in [-0.05, 0) is 65.7 Å². The third-order valence-electron chi connectivity index (χ3n) is 5.89. The molecule has 0 saturated heterocycles. The fourth-order valence-corrected chi connectivity index (χ4v) is 4.66. The Kier molecular flexibility index (Phi) is 6.01. The number of amides is 1. The molecule has 1 atom stereocenters. The smallest absolute Gasteiger partial charge is 0.408 e. The lowest BCUT2D eigenvalue weighted by Gasteiger charge is -2.45. The van der Waals surface area contributed by atoms with Gasteiger partial charge in [-0.3, -0.25) is 5.10 Å². The molecule has 1 amide bonds. The molecule has 1 unspecified atom stereocenters. The van der Waals surface area contributed by atoms with E-state index in [0.29, 0.717) is 12.3 Å². The lowest BCUT2D eigenvalue weighted by molar-refractivity contribution is 0.0332. The number of alkyl carbamates (subject to hydrolysis) is 1. The number of aromatic nitrogens is 2. The van der Waals surface area contributed by atoms with Gasteiger partial charge in [-0.25, -0.2) is 9.59 Å². The number of carbonyl (C=O) groups is 2. The first-order chi connectivity index (χ1) is 13.2. The zero-order chi connectivity index (χ0) is 20.4. The van der Waals surface area contributed by atoms with Crippen LogP contribution in [-0.4, -0.2) is 40.0 Å². The van der Waals surface area contributed by atoms with E-state index in [-0.39, 0.29) is 23.5 Å². The summed E-state index contributed by atoms with van der Waals surface area (Å²) in [5.74, 6) is -0.128. The van der Waals surface area contributed by atoms with Crippen molar-refractivity contribution >= 4 is 12.1 Å². The number of hydrogen-bond acceptors (Lipinski definition) is 5. The second-order valence-corrected chi connectivity index (χ2v) is 9.03. The molecule has 0 aromatic carbocycles. The zero-order valence-electron chi connectivity index (χ0n) is 17.5. The van der Waals surface area contributed by atoms with Gasteiger partial charge in [-0.15, -0.1) is 0 Å². The maximum Gasteiger partial charge on any atom is 0.408 e. The van der Waals surface area contributed by atoms with Gasteiger partial charge >= 0.3 is 12.1 Å². The Morgan fingerprint density at radius 3 is 2.61 bits per heavy atom. The number of nitrogens with zero attached hydrogens (tertiary/aromatic N) is 1. The maximum absolute atomic E-state index is 12.6. The standard InChI is InChI=1S/C21H33N3O4/c1-5-27-18(25)17-15-13-14(9-10-16(15)23-24-17)21(11-7-6-8-12-21)22-19(26)28-20(2,3)4/h14H,5-13H2,1-4H3,(H,22,26)(H,23,24). The maximum atomic E-state index is 12.6. The average Bonchev–Trinajstić information content (AvgIpc) is 3.04. The van der Waals surface area contributed by atoms with Crippen LogP contribution >= 0.6 is 0 Å². The molecular formula is C21H33N3O4. The van der Waals surface area contributed by atoms with Crippen molar-refractivity contribution < 1.29 is 19.1 Å². The van der Waals surface area contributed by atoms with E-state index in [1.54, 1.807) is 6.92 Å². The van der Waals surface area contributed by atoms with Gasteiger partial charge < -0.3 is 14.8 Å². The van der Waals surface area contributed by atoms with Crippen molar-refractivity contribution in [1.82, 2.24) is 15.5 Å². The topological polar surface area (TPSA) is 93.3 Å². The Morgan fingerprint density at radius 2 is 1.96 bits per heavy atom. The van der Waals surface area contributed by atoms with Gasteiger partial charge in [0.05, 0.1) is 6.61 Å². The third-order valence-corrected chi connectivity index (χ3v) is 5.89. The molecule has 156 valence electrons. The largest absolute Gasteiger partial charge is 0.461 e. The molecule has 3 rings (SSSR count). The fraction of sp³-hybridized carbons (Fsp3) is 0.762. The first-order valence-corrected chi connectivity index (χ1v) is 10.5. The number of rotatable bonds is 4. The molecule has 1 aromatic rings. The van der Waals surface area contributed by atoms with Crippen LogP contribution in [0.1, 0.15) is 88.0 Å². The molecular weight excluding hydrogens is 358 g/mol. The molecule has 1 aromatic heterocycles. The molecule has 0 bridgehead atoms. The van der Waals surface area contributed by atoms with Gasteiger partial charge in [-0.2, -0.15) is 5.10 Å². The van der Waals surface area contributed by atoms with E-state index in [2.05, 4.69) is 15.5 Å². The molecule has 0 spiro atoms. The van der Waals surface area contributed by atoms with Crippen LogP contribution in [0.5, 0.6) is 0 Å². The number of aryl methyl sites for hydroxylation is 1. The number of H-pyrrole nitrogens is 1. The number of fused-ring (bicyclic) bond motifs is 1. The Balaban J connectivity index is 1.82. The van der Waals surface area contributed by atoms with Gasteiger partial charge in [0.2, 0.25) is 0 Å².